The second-order valence-electron chi connectivity index (χ2n) is 5.18. The molecule has 0 aliphatic rings. The van der Waals surface area contributed by atoms with E-state index in [1.807, 2.05) is 0 Å². The van der Waals surface area contributed by atoms with E-state index in [-0.39, 0.29) is 14.8 Å². The van der Waals surface area contributed by atoms with Crippen molar-refractivity contribution < 1.29 is 16.8 Å². The van der Waals surface area contributed by atoms with E-state index in [1.54, 1.807) is 29.6 Å². The number of nitrogens with one attached hydrogen (secondary N) is 2. The van der Waals surface area contributed by atoms with Gasteiger partial charge < -0.3 is 0 Å². The van der Waals surface area contributed by atoms with E-state index in [2.05, 4.69) is 9.44 Å². The molecule has 1 heterocycles. The molecule has 0 fully saturated rings. The zero-order chi connectivity index (χ0) is 18.8. The molecular formula is C16H13ClN2O4S3. The smallest absolute Gasteiger partial charge is 0.271 e. The molecule has 3 aromatic rings. The summed E-state index contributed by atoms with van der Waals surface area (Å²) in [7, 11) is -7.66. The first-order valence-corrected chi connectivity index (χ1v) is 11.4. The van der Waals surface area contributed by atoms with Gasteiger partial charge in [-0.05, 0) is 47.8 Å². The Morgan fingerprint density at radius 3 is 2.08 bits per heavy atom. The summed E-state index contributed by atoms with van der Waals surface area (Å²) in [6.45, 7) is 0. The molecule has 0 atom stereocenters. The lowest BCUT2D eigenvalue weighted by molar-refractivity contribution is 0.599. The van der Waals surface area contributed by atoms with Crippen molar-refractivity contribution in [3.63, 3.8) is 0 Å². The van der Waals surface area contributed by atoms with Crippen LogP contribution in [-0.4, -0.2) is 16.8 Å². The molecule has 2 aromatic carbocycles. The van der Waals surface area contributed by atoms with Crippen LogP contribution in [0.2, 0.25) is 5.02 Å². The van der Waals surface area contributed by atoms with Gasteiger partial charge in [0, 0.05) is 5.02 Å². The van der Waals surface area contributed by atoms with Gasteiger partial charge in [0.25, 0.3) is 20.0 Å². The standard InChI is InChI=1S/C16H13ClN2O4S3/c17-12-4-1-5-13(10-12)18-25(20,21)15-7-2-6-14(11-15)19-26(22,23)16-8-3-9-24-16/h1-11,18-19H. The van der Waals surface area contributed by atoms with Gasteiger partial charge in [0.15, 0.2) is 0 Å². The first kappa shape index (κ1) is 18.7. The van der Waals surface area contributed by atoms with Crippen molar-refractivity contribution in [3.8, 4) is 0 Å². The lowest BCUT2D eigenvalue weighted by atomic mass is 10.3. The van der Waals surface area contributed by atoms with E-state index in [4.69, 9.17) is 11.6 Å². The van der Waals surface area contributed by atoms with Crippen molar-refractivity contribution in [1.29, 1.82) is 0 Å². The fourth-order valence-corrected chi connectivity index (χ4v) is 5.44. The fraction of sp³-hybridized carbons (Fsp3) is 0. The molecule has 0 unspecified atom stereocenters. The van der Waals surface area contributed by atoms with Crippen molar-refractivity contribution >= 4 is 54.4 Å². The maximum absolute atomic E-state index is 12.5. The molecule has 10 heteroatoms. The second-order valence-corrected chi connectivity index (χ2v) is 10.2. The van der Waals surface area contributed by atoms with Crippen LogP contribution < -0.4 is 9.44 Å². The van der Waals surface area contributed by atoms with E-state index in [0.29, 0.717) is 10.7 Å². The maximum atomic E-state index is 12.5. The number of hydrogen-bond acceptors (Lipinski definition) is 5. The maximum Gasteiger partial charge on any atom is 0.271 e. The van der Waals surface area contributed by atoms with Crippen LogP contribution in [0.25, 0.3) is 0 Å². The molecule has 0 saturated heterocycles. The molecule has 26 heavy (non-hydrogen) atoms. The average molecular weight is 429 g/mol. The minimum atomic E-state index is -3.90. The highest BCUT2D eigenvalue weighted by Crippen LogP contribution is 2.24. The minimum Gasteiger partial charge on any atom is -0.280 e. The molecule has 3 rings (SSSR count). The molecular weight excluding hydrogens is 416 g/mol. The lowest BCUT2D eigenvalue weighted by Gasteiger charge is -2.11. The molecule has 1 aromatic heterocycles. The summed E-state index contributed by atoms with van der Waals surface area (Å²) >= 11 is 6.92. The van der Waals surface area contributed by atoms with Crippen LogP contribution in [0, 0.1) is 0 Å². The summed E-state index contributed by atoms with van der Waals surface area (Å²) in [5, 5.41) is 2.03. The van der Waals surface area contributed by atoms with Crippen LogP contribution >= 0.6 is 22.9 Å². The Labute approximate surface area is 160 Å². The number of thiophene rings is 1. The largest absolute Gasteiger partial charge is 0.280 e. The van der Waals surface area contributed by atoms with E-state index >= 15 is 0 Å². The van der Waals surface area contributed by atoms with Crippen LogP contribution in [0.1, 0.15) is 0 Å². The van der Waals surface area contributed by atoms with Crippen LogP contribution in [0.3, 0.4) is 0 Å². The first-order chi connectivity index (χ1) is 12.3. The Hall–Kier alpha value is -2.07. The Kier molecular flexibility index (Phi) is 5.24. The predicted molar refractivity (Wildman–Crippen MR) is 104 cm³/mol. The van der Waals surface area contributed by atoms with Gasteiger partial charge in [-0.3, -0.25) is 9.44 Å². The Balaban J connectivity index is 1.87. The molecule has 0 aliphatic carbocycles. The SMILES string of the molecule is O=S(=O)(Nc1cccc(Cl)c1)c1cccc(NS(=O)(=O)c2cccs2)c1. The fourth-order valence-electron chi connectivity index (χ4n) is 2.11. The topological polar surface area (TPSA) is 92.3 Å². The normalized spacial score (nSPS) is 11.9. The van der Waals surface area contributed by atoms with Crippen LogP contribution in [-0.2, 0) is 20.0 Å². The third-order valence-corrected chi connectivity index (χ3v) is 7.63. The van der Waals surface area contributed by atoms with Crippen LogP contribution in [0.15, 0.2) is 75.1 Å². The van der Waals surface area contributed by atoms with Gasteiger partial charge in [0.1, 0.15) is 4.21 Å². The van der Waals surface area contributed by atoms with E-state index in [9.17, 15) is 16.8 Å². The Bertz CT molecular complexity index is 1130. The molecule has 0 radical (unpaired) electrons. The number of anilines is 2. The van der Waals surface area contributed by atoms with Gasteiger partial charge in [-0.1, -0.05) is 29.8 Å². The molecule has 0 saturated carbocycles. The van der Waals surface area contributed by atoms with Crippen LogP contribution in [0.5, 0.6) is 0 Å². The number of sulfonamides is 2. The van der Waals surface area contributed by atoms with Crippen LogP contribution in [0.4, 0.5) is 11.4 Å². The van der Waals surface area contributed by atoms with Gasteiger partial charge in [0.2, 0.25) is 0 Å². The number of benzene rings is 2. The predicted octanol–water partition coefficient (Wildman–Crippen LogP) is 4.00. The first-order valence-electron chi connectivity index (χ1n) is 7.21. The molecule has 2 N–H and O–H groups in total. The highest BCUT2D eigenvalue weighted by molar-refractivity contribution is 7.94. The van der Waals surface area contributed by atoms with Gasteiger partial charge in [0.05, 0.1) is 16.3 Å². The number of rotatable bonds is 6. The lowest BCUT2D eigenvalue weighted by Crippen LogP contribution is -2.15. The van der Waals surface area contributed by atoms with E-state index in [1.165, 1.54) is 36.4 Å². The Morgan fingerprint density at radius 2 is 1.42 bits per heavy atom. The summed E-state index contributed by atoms with van der Waals surface area (Å²) in [6, 6.07) is 14.9. The van der Waals surface area contributed by atoms with Crippen molar-refractivity contribution in [2.75, 3.05) is 9.44 Å². The van der Waals surface area contributed by atoms with Crippen molar-refractivity contribution in [1.82, 2.24) is 0 Å². The molecule has 0 bridgehead atoms. The summed E-state index contributed by atoms with van der Waals surface area (Å²) in [5.74, 6) is 0. The molecule has 136 valence electrons. The molecule has 0 spiro atoms. The molecule has 0 aliphatic heterocycles. The highest BCUT2D eigenvalue weighted by Gasteiger charge is 2.18. The van der Waals surface area contributed by atoms with Gasteiger partial charge in [-0.2, -0.15) is 0 Å². The van der Waals surface area contributed by atoms with Gasteiger partial charge in [-0.25, -0.2) is 16.8 Å². The molecule has 6 nitrogen and oxygen atoms in total. The zero-order valence-electron chi connectivity index (χ0n) is 13.1. The quantitative estimate of drug-likeness (QED) is 0.620. The van der Waals surface area contributed by atoms with Gasteiger partial charge in [-0.15, -0.1) is 11.3 Å². The van der Waals surface area contributed by atoms with Crippen molar-refractivity contribution in [2.45, 2.75) is 9.10 Å². The third kappa shape index (κ3) is 4.36. The molecule has 0 amide bonds. The monoisotopic (exact) mass is 428 g/mol. The van der Waals surface area contributed by atoms with E-state index < -0.39 is 20.0 Å². The number of hydrogen-bond donors (Lipinski definition) is 2. The van der Waals surface area contributed by atoms with Crippen molar-refractivity contribution in [3.05, 3.63) is 71.1 Å². The highest BCUT2D eigenvalue weighted by atomic mass is 35.5. The second kappa shape index (κ2) is 7.28. The summed E-state index contributed by atoms with van der Waals surface area (Å²) in [4.78, 5) is -0.0798. The minimum absolute atomic E-state index is 0.0798. The summed E-state index contributed by atoms with van der Waals surface area (Å²) < 4.78 is 54.5. The Morgan fingerprint density at radius 1 is 0.769 bits per heavy atom. The van der Waals surface area contributed by atoms with Crippen molar-refractivity contribution in [2.24, 2.45) is 0 Å². The zero-order valence-corrected chi connectivity index (χ0v) is 16.3. The average Bonchev–Trinajstić information content (AvgIpc) is 3.10. The summed E-state index contributed by atoms with van der Waals surface area (Å²) in [6.07, 6.45) is 0. The third-order valence-electron chi connectivity index (χ3n) is 3.23. The van der Waals surface area contributed by atoms with Gasteiger partial charge >= 0.3 is 0 Å². The van der Waals surface area contributed by atoms with E-state index in [0.717, 1.165) is 11.3 Å². The number of halogens is 1. The summed E-state index contributed by atoms with van der Waals surface area (Å²) in [5.41, 5.74) is 0.453.